The summed E-state index contributed by atoms with van der Waals surface area (Å²) in [6.45, 7) is 6.62. The minimum Gasteiger partial charge on any atom is -0.462 e. The second-order valence-corrected chi connectivity index (χ2v) is 22.0. The van der Waals surface area contributed by atoms with Crippen LogP contribution < -0.4 is 0 Å². The molecule has 0 bridgehead atoms. The Hall–Kier alpha value is -2.89. The van der Waals surface area contributed by atoms with Crippen LogP contribution >= 0.6 is 0 Å². The van der Waals surface area contributed by atoms with E-state index in [-0.39, 0.29) is 31.1 Å². The highest BCUT2D eigenvalue weighted by Gasteiger charge is 2.19. The number of hydrogen-bond donors (Lipinski definition) is 0. The number of esters is 3. The zero-order valence-electron chi connectivity index (χ0n) is 50.1. The van der Waals surface area contributed by atoms with Crippen LogP contribution in [0, 0.1) is 0 Å². The first kappa shape index (κ1) is 72.1. The zero-order valence-corrected chi connectivity index (χ0v) is 50.1. The summed E-state index contributed by atoms with van der Waals surface area (Å²) in [5.74, 6) is -0.880. The SMILES string of the molecule is CCCCCC/C=C\CCCCCCCC(=O)OCC(COC(=O)CCCCCCCCCCCCCCCCCC/C=C\C/C=C\C/C=C\CCCCCCC)OC(=O)CCCCCCC/C=C\CCCCCC. The number of carbonyl (C=O) groups excluding carboxylic acids is 3. The van der Waals surface area contributed by atoms with Crippen molar-refractivity contribution in [2.24, 2.45) is 0 Å². The van der Waals surface area contributed by atoms with Crippen molar-refractivity contribution in [3.63, 3.8) is 0 Å². The molecule has 0 aromatic carbocycles. The summed E-state index contributed by atoms with van der Waals surface area (Å²) < 4.78 is 16.9. The van der Waals surface area contributed by atoms with Crippen LogP contribution in [0.15, 0.2) is 60.8 Å². The zero-order chi connectivity index (χ0) is 54.3. The van der Waals surface area contributed by atoms with Crippen molar-refractivity contribution in [1.29, 1.82) is 0 Å². The van der Waals surface area contributed by atoms with Gasteiger partial charge in [0, 0.05) is 19.3 Å². The Morgan fingerprint density at radius 1 is 0.267 bits per heavy atom. The molecule has 1 atom stereocenters. The lowest BCUT2D eigenvalue weighted by Gasteiger charge is -2.18. The maximum Gasteiger partial charge on any atom is 0.306 e. The Balaban J connectivity index is 4.14. The van der Waals surface area contributed by atoms with Crippen LogP contribution in [-0.4, -0.2) is 37.2 Å². The van der Waals surface area contributed by atoms with Gasteiger partial charge in [-0.25, -0.2) is 0 Å². The monoisotopic (exact) mass is 1050 g/mol. The Kier molecular flexibility index (Phi) is 61.2. The average molecular weight is 1050 g/mol. The third-order valence-electron chi connectivity index (χ3n) is 14.5. The minimum atomic E-state index is -0.780. The molecule has 0 aromatic heterocycles. The van der Waals surface area contributed by atoms with E-state index >= 15 is 0 Å². The second kappa shape index (κ2) is 63.6. The van der Waals surface area contributed by atoms with Gasteiger partial charge in [-0.1, -0.05) is 274 Å². The molecule has 0 saturated heterocycles. The van der Waals surface area contributed by atoms with Gasteiger partial charge in [-0.15, -0.1) is 0 Å². The van der Waals surface area contributed by atoms with E-state index in [2.05, 4.69) is 81.5 Å². The van der Waals surface area contributed by atoms with Crippen LogP contribution in [0.25, 0.3) is 0 Å². The van der Waals surface area contributed by atoms with E-state index in [0.717, 1.165) is 89.9 Å². The molecular weight excluding hydrogens is 925 g/mol. The van der Waals surface area contributed by atoms with E-state index in [4.69, 9.17) is 14.2 Å². The van der Waals surface area contributed by atoms with Gasteiger partial charge in [-0.2, -0.15) is 0 Å². The fourth-order valence-electron chi connectivity index (χ4n) is 9.50. The first-order chi connectivity index (χ1) is 37.0. The van der Waals surface area contributed by atoms with Gasteiger partial charge in [0.15, 0.2) is 6.10 Å². The highest BCUT2D eigenvalue weighted by Crippen LogP contribution is 2.17. The van der Waals surface area contributed by atoms with Crippen LogP contribution in [0.2, 0.25) is 0 Å². The number of ether oxygens (including phenoxy) is 3. The van der Waals surface area contributed by atoms with Crippen molar-refractivity contribution in [3.05, 3.63) is 60.8 Å². The molecule has 0 rings (SSSR count). The number of unbranched alkanes of at least 4 members (excludes halogenated alkanes) is 39. The second-order valence-electron chi connectivity index (χ2n) is 22.0. The van der Waals surface area contributed by atoms with Gasteiger partial charge >= 0.3 is 17.9 Å². The highest BCUT2D eigenvalue weighted by molar-refractivity contribution is 5.71. The van der Waals surface area contributed by atoms with Gasteiger partial charge in [0.1, 0.15) is 13.2 Å². The van der Waals surface area contributed by atoms with Crippen LogP contribution in [0.1, 0.15) is 342 Å². The fraction of sp³-hybridized carbons (Fsp3) is 0.812. The van der Waals surface area contributed by atoms with Crippen molar-refractivity contribution < 1.29 is 28.6 Å². The number of carbonyl (C=O) groups is 3. The Morgan fingerprint density at radius 2 is 0.480 bits per heavy atom. The summed E-state index contributed by atoms with van der Waals surface area (Å²) in [6, 6.07) is 0. The lowest BCUT2D eigenvalue weighted by molar-refractivity contribution is -0.167. The number of allylic oxidation sites excluding steroid dienone is 10. The summed E-state index contributed by atoms with van der Waals surface area (Å²) in [6.07, 6.45) is 81.0. The summed E-state index contributed by atoms with van der Waals surface area (Å²) in [7, 11) is 0. The van der Waals surface area contributed by atoms with E-state index in [1.165, 1.54) is 212 Å². The molecule has 0 radical (unpaired) electrons. The average Bonchev–Trinajstić information content (AvgIpc) is 3.41. The van der Waals surface area contributed by atoms with Gasteiger partial charge in [0.2, 0.25) is 0 Å². The predicted octanol–water partition coefficient (Wildman–Crippen LogP) is 22.3. The maximum absolute atomic E-state index is 12.9. The smallest absolute Gasteiger partial charge is 0.306 e. The molecule has 0 spiro atoms. The molecule has 0 aliphatic carbocycles. The standard InChI is InChI=1S/C69H124O6/c1-4-7-10-13-16-19-22-25-26-27-28-29-30-31-32-33-34-35-36-37-38-39-40-41-42-45-47-50-53-56-59-62-68(71)74-65-66(75-69(72)63-60-57-54-51-48-44-24-21-18-15-12-9-6-3)64-73-67(70)61-58-55-52-49-46-43-23-20-17-14-11-8-5-2/h20-25,27-28,30-31,66H,4-19,26,29,32-65H2,1-3H3/b23-20-,24-21-,25-22-,28-27-,31-30-. The normalized spacial score (nSPS) is 12.4. The van der Waals surface area contributed by atoms with Crippen LogP contribution in [0.4, 0.5) is 0 Å². The predicted molar refractivity (Wildman–Crippen MR) is 325 cm³/mol. The van der Waals surface area contributed by atoms with Crippen LogP contribution in [-0.2, 0) is 28.6 Å². The molecule has 0 saturated carbocycles. The molecule has 436 valence electrons. The van der Waals surface area contributed by atoms with E-state index in [0.29, 0.717) is 19.3 Å². The van der Waals surface area contributed by atoms with Gasteiger partial charge in [0.05, 0.1) is 0 Å². The first-order valence-corrected chi connectivity index (χ1v) is 32.8. The molecule has 0 heterocycles. The van der Waals surface area contributed by atoms with Gasteiger partial charge in [0.25, 0.3) is 0 Å². The molecule has 1 unspecified atom stereocenters. The topological polar surface area (TPSA) is 78.9 Å². The van der Waals surface area contributed by atoms with Gasteiger partial charge in [-0.05, 0) is 109 Å². The summed E-state index contributed by atoms with van der Waals surface area (Å²) >= 11 is 0. The molecule has 0 amide bonds. The van der Waals surface area contributed by atoms with Crippen LogP contribution in [0.5, 0.6) is 0 Å². The molecule has 0 fully saturated rings. The highest BCUT2D eigenvalue weighted by atomic mass is 16.6. The first-order valence-electron chi connectivity index (χ1n) is 32.8. The number of rotatable bonds is 60. The molecule has 0 aliphatic heterocycles. The number of hydrogen-bond acceptors (Lipinski definition) is 6. The molecule has 6 nitrogen and oxygen atoms in total. The lowest BCUT2D eigenvalue weighted by Crippen LogP contribution is -2.30. The van der Waals surface area contributed by atoms with E-state index in [9.17, 15) is 14.4 Å². The summed E-state index contributed by atoms with van der Waals surface area (Å²) in [5.41, 5.74) is 0. The van der Waals surface area contributed by atoms with E-state index in [1.54, 1.807) is 0 Å². The van der Waals surface area contributed by atoms with Crippen molar-refractivity contribution in [2.75, 3.05) is 13.2 Å². The molecule has 0 aromatic rings. The Labute approximate surface area is 466 Å². The van der Waals surface area contributed by atoms with E-state index in [1.807, 2.05) is 0 Å². The van der Waals surface area contributed by atoms with Gasteiger partial charge < -0.3 is 14.2 Å². The Bertz CT molecular complexity index is 1340. The largest absolute Gasteiger partial charge is 0.462 e. The Morgan fingerprint density at radius 3 is 0.773 bits per heavy atom. The van der Waals surface area contributed by atoms with Gasteiger partial charge in [-0.3, -0.25) is 14.4 Å². The quantitative estimate of drug-likeness (QED) is 0.0261. The van der Waals surface area contributed by atoms with Crippen LogP contribution in [0.3, 0.4) is 0 Å². The fourth-order valence-corrected chi connectivity index (χ4v) is 9.50. The molecule has 0 N–H and O–H groups in total. The van der Waals surface area contributed by atoms with Crippen molar-refractivity contribution in [2.45, 2.75) is 348 Å². The van der Waals surface area contributed by atoms with Crippen molar-refractivity contribution in [3.8, 4) is 0 Å². The molecular formula is C69H124O6. The summed E-state index contributed by atoms with van der Waals surface area (Å²) in [5, 5.41) is 0. The third-order valence-corrected chi connectivity index (χ3v) is 14.5. The maximum atomic E-state index is 12.9. The third kappa shape index (κ3) is 61.8. The lowest BCUT2D eigenvalue weighted by atomic mass is 10.0. The summed E-state index contributed by atoms with van der Waals surface area (Å²) in [4.78, 5) is 38.2. The van der Waals surface area contributed by atoms with E-state index < -0.39 is 6.10 Å². The van der Waals surface area contributed by atoms with Crippen molar-refractivity contribution in [1.82, 2.24) is 0 Å². The minimum absolute atomic E-state index is 0.0774. The molecule has 75 heavy (non-hydrogen) atoms. The molecule has 6 heteroatoms. The molecule has 0 aliphatic rings. The van der Waals surface area contributed by atoms with Crippen molar-refractivity contribution >= 4 is 17.9 Å².